The van der Waals surface area contributed by atoms with Crippen LogP contribution in [0.15, 0.2) is 0 Å². The predicted molar refractivity (Wildman–Crippen MR) is 45.4 cm³/mol. The molecular weight excluding hydrogens is 192 g/mol. The molecule has 0 fully saturated rings. The van der Waals surface area contributed by atoms with Crippen molar-refractivity contribution in [3.05, 3.63) is 0 Å². The fourth-order valence-corrected chi connectivity index (χ4v) is 0.808. The number of aliphatic hydroxyl groups is 4. The molecule has 0 spiro atoms. The monoisotopic (exact) mass is 206 g/mol. The van der Waals surface area contributed by atoms with Crippen molar-refractivity contribution in [2.24, 2.45) is 0 Å². The fraction of sp³-hybridized carbons (Fsp3) is 0.750. The van der Waals surface area contributed by atoms with Gasteiger partial charge < -0.3 is 25.2 Å². The Hall–Kier alpha value is -0.820. The molecule has 4 N–H and O–H groups in total. The van der Waals surface area contributed by atoms with Gasteiger partial charge in [-0.1, -0.05) is 0 Å². The van der Waals surface area contributed by atoms with Crippen LogP contribution in [-0.2, 0) is 9.59 Å². The molecule has 0 saturated carbocycles. The molecule has 0 amide bonds. The molecule has 0 aliphatic carbocycles. The van der Waals surface area contributed by atoms with E-state index in [-0.39, 0.29) is 6.29 Å². The lowest BCUT2D eigenvalue weighted by molar-refractivity contribution is -0.166. The SMILES string of the molecule is CC(=O)[C@@](C)(O)[C@@H](O)[C@@H](O)[C@H](O)C=O. The van der Waals surface area contributed by atoms with Gasteiger partial charge in [-0.15, -0.1) is 0 Å². The summed E-state index contributed by atoms with van der Waals surface area (Å²) in [7, 11) is 0. The second-order valence-electron chi connectivity index (χ2n) is 3.27. The first-order valence-electron chi connectivity index (χ1n) is 3.98. The van der Waals surface area contributed by atoms with Crippen LogP contribution in [0.4, 0.5) is 0 Å². The molecule has 0 aromatic carbocycles. The number of carbonyl (C=O) groups excluding carboxylic acids is 2. The van der Waals surface area contributed by atoms with E-state index < -0.39 is 29.7 Å². The van der Waals surface area contributed by atoms with E-state index >= 15 is 0 Å². The molecule has 4 atom stereocenters. The number of hydrogen-bond acceptors (Lipinski definition) is 6. The maximum atomic E-state index is 10.8. The molecule has 14 heavy (non-hydrogen) atoms. The normalized spacial score (nSPS) is 21.9. The van der Waals surface area contributed by atoms with Crippen LogP contribution in [0.3, 0.4) is 0 Å². The summed E-state index contributed by atoms with van der Waals surface area (Å²) >= 11 is 0. The number of carbonyl (C=O) groups is 2. The van der Waals surface area contributed by atoms with Crippen molar-refractivity contribution in [2.45, 2.75) is 37.8 Å². The van der Waals surface area contributed by atoms with Crippen molar-refractivity contribution in [3.63, 3.8) is 0 Å². The lowest BCUT2D eigenvalue weighted by atomic mass is 9.89. The summed E-state index contributed by atoms with van der Waals surface area (Å²) in [5.41, 5.74) is -2.19. The molecule has 0 rings (SSSR count). The number of Topliss-reactive ketones (excluding diaryl/α,β-unsaturated/α-hetero) is 1. The lowest BCUT2D eigenvalue weighted by Gasteiger charge is -2.30. The van der Waals surface area contributed by atoms with Crippen LogP contribution >= 0.6 is 0 Å². The summed E-state index contributed by atoms with van der Waals surface area (Å²) in [6.45, 7) is 2.00. The Morgan fingerprint density at radius 3 is 2.07 bits per heavy atom. The highest BCUT2D eigenvalue weighted by atomic mass is 16.4. The molecule has 82 valence electrons. The first-order chi connectivity index (χ1) is 6.25. The molecular formula is C8H14O6. The molecule has 6 nitrogen and oxygen atoms in total. The first-order valence-corrected chi connectivity index (χ1v) is 3.98. The fourth-order valence-electron chi connectivity index (χ4n) is 0.808. The van der Waals surface area contributed by atoms with Crippen molar-refractivity contribution in [1.29, 1.82) is 0 Å². The highest BCUT2D eigenvalue weighted by molar-refractivity contribution is 5.85. The maximum Gasteiger partial charge on any atom is 0.163 e. The largest absolute Gasteiger partial charge is 0.387 e. The number of aldehydes is 1. The molecule has 0 aromatic rings. The highest BCUT2D eigenvalue weighted by Gasteiger charge is 2.42. The molecule has 6 heteroatoms. The van der Waals surface area contributed by atoms with E-state index in [9.17, 15) is 19.8 Å². The summed E-state index contributed by atoms with van der Waals surface area (Å²) in [4.78, 5) is 20.9. The zero-order valence-electron chi connectivity index (χ0n) is 7.91. The number of aliphatic hydroxyl groups excluding tert-OH is 3. The van der Waals surface area contributed by atoms with Gasteiger partial charge in [-0.3, -0.25) is 4.79 Å². The minimum atomic E-state index is -2.19. The summed E-state index contributed by atoms with van der Waals surface area (Å²) < 4.78 is 0. The van der Waals surface area contributed by atoms with E-state index in [4.69, 9.17) is 10.2 Å². The first kappa shape index (κ1) is 13.2. The molecule has 0 saturated heterocycles. The minimum absolute atomic E-state index is 0.00407. The quantitative estimate of drug-likeness (QED) is 0.373. The van der Waals surface area contributed by atoms with Gasteiger partial charge >= 0.3 is 0 Å². The zero-order chi connectivity index (χ0) is 11.5. The summed E-state index contributed by atoms with van der Waals surface area (Å²) in [6, 6.07) is 0. The summed E-state index contributed by atoms with van der Waals surface area (Å²) in [5, 5.41) is 36.6. The van der Waals surface area contributed by atoms with Gasteiger partial charge in [0.2, 0.25) is 0 Å². The smallest absolute Gasteiger partial charge is 0.163 e. The average molecular weight is 206 g/mol. The van der Waals surface area contributed by atoms with Gasteiger partial charge in [0.25, 0.3) is 0 Å². The van der Waals surface area contributed by atoms with E-state index in [1.54, 1.807) is 0 Å². The Labute approximate surface area is 80.8 Å². The van der Waals surface area contributed by atoms with E-state index in [1.165, 1.54) is 0 Å². The Morgan fingerprint density at radius 1 is 1.36 bits per heavy atom. The molecule has 0 aromatic heterocycles. The standard InChI is InChI=1S/C8H14O6/c1-4(10)8(2,14)7(13)6(12)5(11)3-9/h3,5-7,11-14H,1-2H3/t5-,6+,7+,8-/m1/s1. The van der Waals surface area contributed by atoms with Crippen LogP contribution in [0.2, 0.25) is 0 Å². The Kier molecular flexibility index (Phi) is 4.34. The van der Waals surface area contributed by atoms with Crippen LogP contribution in [-0.4, -0.2) is 56.4 Å². The van der Waals surface area contributed by atoms with Crippen LogP contribution in [0.25, 0.3) is 0 Å². The van der Waals surface area contributed by atoms with Crippen molar-refractivity contribution in [3.8, 4) is 0 Å². The molecule has 0 heterocycles. The van der Waals surface area contributed by atoms with Gasteiger partial charge in [-0.2, -0.15) is 0 Å². The van der Waals surface area contributed by atoms with Crippen molar-refractivity contribution in [2.75, 3.05) is 0 Å². The van der Waals surface area contributed by atoms with E-state index in [1.807, 2.05) is 0 Å². The van der Waals surface area contributed by atoms with Crippen LogP contribution < -0.4 is 0 Å². The third-order valence-electron chi connectivity index (χ3n) is 2.10. The van der Waals surface area contributed by atoms with Gasteiger partial charge in [-0.25, -0.2) is 0 Å². The second-order valence-corrected chi connectivity index (χ2v) is 3.27. The summed E-state index contributed by atoms with van der Waals surface area (Å²) in [6.07, 6.45) is -5.65. The van der Waals surface area contributed by atoms with Gasteiger partial charge in [-0.05, 0) is 13.8 Å². The molecule has 0 radical (unpaired) electrons. The van der Waals surface area contributed by atoms with Gasteiger partial charge in [0.05, 0.1) is 0 Å². The van der Waals surface area contributed by atoms with E-state index in [0.29, 0.717) is 0 Å². The molecule has 0 unspecified atom stereocenters. The third kappa shape index (κ3) is 2.58. The summed E-state index contributed by atoms with van der Waals surface area (Å²) in [5.74, 6) is -0.776. The van der Waals surface area contributed by atoms with Crippen molar-refractivity contribution in [1.82, 2.24) is 0 Å². The van der Waals surface area contributed by atoms with Gasteiger partial charge in [0.15, 0.2) is 12.1 Å². The highest BCUT2D eigenvalue weighted by Crippen LogP contribution is 2.16. The van der Waals surface area contributed by atoms with Gasteiger partial charge in [0, 0.05) is 0 Å². The van der Waals surface area contributed by atoms with Crippen LogP contribution in [0.5, 0.6) is 0 Å². The number of hydrogen-bond donors (Lipinski definition) is 4. The second kappa shape index (κ2) is 4.61. The van der Waals surface area contributed by atoms with E-state index in [0.717, 1.165) is 13.8 Å². The third-order valence-corrected chi connectivity index (χ3v) is 2.10. The van der Waals surface area contributed by atoms with Crippen LogP contribution in [0.1, 0.15) is 13.8 Å². The molecule has 0 bridgehead atoms. The maximum absolute atomic E-state index is 10.8. The predicted octanol–water partition coefficient (Wildman–Crippen LogP) is -2.39. The average Bonchev–Trinajstić information content (AvgIpc) is 2.13. The lowest BCUT2D eigenvalue weighted by Crippen LogP contribution is -2.55. The zero-order valence-corrected chi connectivity index (χ0v) is 7.91. The van der Waals surface area contributed by atoms with Crippen LogP contribution in [0, 0.1) is 0 Å². The van der Waals surface area contributed by atoms with E-state index in [2.05, 4.69) is 0 Å². The Balaban J connectivity index is 4.68. The topological polar surface area (TPSA) is 115 Å². The number of rotatable bonds is 5. The minimum Gasteiger partial charge on any atom is -0.387 e. The van der Waals surface area contributed by atoms with Crippen molar-refractivity contribution >= 4 is 12.1 Å². The molecule has 0 aliphatic rings. The Bertz CT molecular complexity index is 224. The van der Waals surface area contributed by atoms with Gasteiger partial charge in [0.1, 0.15) is 23.9 Å². The molecule has 0 aliphatic heterocycles. The van der Waals surface area contributed by atoms with Crippen molar-refractivity contribution < 1.29 is 30.0 Å². The Morgan fingerprint density at radius 2 is 1.79 bits per heavy atom. The number of ketones is 1.